The number of ketones is 1. The van der Waals surface area contributed by atoms with Crippen LogP contribution in [0.3, 0.4) is 0 Å². The van der Waals surface area contributed by atoms with Crippen LogP contribution in [0.15, 0.2) is 60.8 Å². The molecule has 1 aliphatic carbocycles. The highest BCUT2D eigenvalue weighted by molar-refractivity contribution is 7.47. The lowest BCUT2D eigenvalue weighted by molar-refractivity contribution is -0.165. The maximum absolute atomic E-state index is 13.7. The molecule has 1 unspecified atom stereocenters. The zero-order chi connectivity index (χ0) is 50.5. The fourth-order valence-corrected chi connectivity index (χ4v) is 9.08. The first-order valence-electron chi connectivity index (χ1n) is 23.9. The van der Waals surface area contributed by atoms with Crippen LogP contribution in [-0.4, -0.2) is 131 Å². The number of fused-ring (bicyclic) bond motifs is 4. The minimum atomic E-state index is -5.79. The second-order valence-corrected chi connectivity index (χ2v) is 19.8. The van der Waals surface area contributed by atoms with E-state index in [0.717, 1.165) is 50.7 Å². The Morgan fingerprint density at radius 3 is 2.15 bits per heavy atom. The lowest BCUT2D eigenvalue weighted by Crippen LogP contribution is -2.56. The number of aliphatic hydroxyl groups excluding tert-OH is 6. The molecule has 0 saturated heterocycles. The van der Waals surface area contributed by atoms with Gasteiger partial charge in [-0.3, -0.25) is 28.0 Å². The monoisotopic (exact) mass is 1010 g/mol. The Labute approximate surface area is 400 Å². The molecule has 0 aromatic rings. The zero-order valence-electron chi connectivity index (χ0n) is 39.5. The fourth-order valence-electron chi connectivity index (χ4n) is 7.55. The maximum Gasteiger partial charge on any atom is 0.472 e. The van der Waals surface area contributed by atoms with E-state index in [1.165, 1.54) is 25.3 Å². The van der Waals surface area contributed by atoms with Crippen molar-refractivity contribution in [3.8, 4) is 0 Å². The van der Waals surface area contributed by atoms with Crippen LogP contribution in [0.5, 0.6) is 0 Å². The number of hydrogen-bond donors (Lipinski definition) is 9. The van der Waals surface area contributed by atoms with E-state index < -0.39 is 120 Å². The van der Waals surface area contributed by atoms with Gasteiger partial charge in [0, 0.05) is 31.1 Å². The molecule has 0 aromatic carbocycles. The van der Waals surface area contributed by atoms with Crippen molar-refractivity contribution < 1.29 is 91.9 Å². The highest BCUT2D eigenvalue weighted by atomic mass is 31.2. The molecule has 0 radical (unpaired) electrons. The highest BCUT2D eigenvalue weighted by Gasteiger charge is 2.51. The van der Waals surface area contributed by atoms with E-state index >= 15 is 0 Å². The van der Waals surface area contributed by atoms with E-state index in [1.807, 2.05) is 19.1 Å². The number of ether oxygens (including phenoxy) is 2. The summed E-state index contributed by atoms with van der Waals surface area (Å²) in [6.45, 7) is 2.47. The molecule has 390 valence electrons. The third-order valence-electron chi connectivity index (χ3n) is 11.4. The lowest BCUT2D eigenvalue weighted by atomic mass is 9.84. The highest BCUT2D eigenvalue weighted by Crippen LogP contribution is 2.49. The number of carbonyl (C=O) groups is 3. The number of aliphatic hydroxyl groups is 6. The number of rotatable bonds is 23. The van der Waals surface area contributed by atoms with Crippen LogP contribution in [-0.2, 0) is 46.6 Å². The molecule has 2 aliphatic rings. The number of phosphoric acid groups is 2. The van der Waals surface area contributed by atoms with Gasteiger partial charge in [-0.1, -0.05) is 107 Å². The number of carbonyl (C=O) groups excluding carboxylic acids is 3. The summed E-state index contributed by atoms with van der Waals surface area (Å²) in [5, 5.41) is 68.0. The number of esters is 2. The molecule has 2 bridgehead atoms. The summed E-state index contributed by atoms with van der Waals surface area (Å²) < 4.78 is 52.0. The molecule has 0 spiro atoms. The van der Waals surface area contributed by atoms with E-state index in [4.69, 9.17) is 23.0 Å². The SMILES string of the molecule is CCCCC/C=C\C/C=C\C/C=C\CCCCC(=O)OC[C@@H]1COP(=O)(O)O[C@H]2[C@H](O)[C@@H](O)[C@H](O)[C@@H](C/C=C\CCCC(=O)O1)C(=O)C[C@@H](O)[C@H](/C=C/[C@@H](O)CCCCC)[C@@H](O)[C@H]2OP(=O)(O)O. The van der Waals surface area contributed by atoms with Crippen molar-refractivity contribution in [1.29, 1.82) is 0 Å². The van der Waals surface area contributed by atoms with Gasteiger partial charge >= 0.3 is 27.6 Å². The molecule has 0 aromatic heterocycles. The van der Waals surface area contributed by atoms with Crippen LogP contribution < -0.4 is 0 Å². The van der Waals surface area contributed by atoms with E-state index in [0.29, 0.717) is 19.3 Å². The number of unbranched alkanes of at least 4 members (excludes halogenated alkanes) is 7. The summed E-state index contributed by atoms with van der Waals surface area (Å²) in [6.07, 6.45) is 7.78. The average Bonchev–Trinajstić information content (AvgIpc) is 3.28. The number of phosphoric ester groups is 2. The molecule has 9 N–H and O–H groups in total. The van der Waals surface area contributed by atoms with Crippen LogP contribution in [0.25, 0.3) is 0 Å². The largest absolute Gasteiger partial charge is 0.472 e. The molecule has 1 aliphatic heterocycles. The summed E-state index contributed by atoms with van der Waals surface area (Å²) in [7, 11) is -11.5. The summed E-state index contributed by atoms with van der Waals surface area (Å²) in [5.74, 6) is -5.72. The van der Waals surface area contributed by atoms with Crippen molar-refractivity contribution in [3.63, 3.8) is 0 Å². The Morgan fingerprint density at radius 2 is 1.50 bits per heavy atom. The van der Waals surface area contributed by atoms with Crippen LogP contribution in [0.4, 0.5) is 0 Å². The first-order chi connectivity index (χ1) is 32.3. The van der Waals surface area contributed by atoms with Crippen molar-refractivity contribution in [2.75, 3.05) is 13.2 Å². The number of Topliss-reactive ketones (excluding diaryl/α,β-unsaturated/α-hetero) is 1. The van der Waals surface area contributed by atoms with Gasteiger partial charge < -0.3 is 54.8 Å². The van der Waals surface area contributed by atoms with Gasteiger partial charge in [-0.25, -0.2) is 9.13 Å². The molecule has 12 atom stereocenters. The van der Waals surface area contributed by atoms with Gasteiger partial charge in [0.1, 0.15) is 36.8 Å². The topological polar surface area (TPSA) is 314 Å². The Kier molecular flexibility index (Phi) is 30.5. The molecule has 1 saturated carbocycles. The van der Waals surface area contributed by atoms with Gasteiger partial charge in [0.15, 0.2) is 6.10 Å². The van der Waals surface area contributed by atoms with Gasteiger partial charge in [-0.15, -0.1) is 0 Å². The summed E-state index contributed by atoms with van der Waals surface area (Å²) in [5.41, 5.74) is 0. The number of hydrogen-bond acceptors (Lipinski definition) is 16. The number of cyclic esters (lactones) is 1. The third kappa shape index (κ3) is 25.4. The van der Waals surface area contributed by atoms with Crippen molar-refractivity contribution in [2.45, 2.75) is 191 Å². The first kappa shape index (κ1) is 61.4. The van der Waals surface area contributed by atoms with Crippen LogP contribution in [0.2, 0.25) is 0 Å². The van der Waals surface area contributed by atoms with Gasteiger partial charge in [0.2, 0.25) is 0 Å². The van der Waals surface area contributed by atoms with E-state index in [-0.39, 0.29) is 38.5 Å². The summed E-state index contributed by atoms with van der Waals surface area (Å²) in [6, 6.07) is 0. The van der Waals surface area contributed by atoms with Crippen molar-refractivity contribution >= 4 is 33.4 Å². The molecular formula is C47H78O19P2. The van der Waals surface area contributed by atoms with E-state index in [1.54, 1.807) is 6.08 Å². The van der Waals surface area contributed by atoms with Crippen LogP contribution in [0, 0.1) is 11.8 Å². The Morgan fingerprint density at radius 1 is 0.868 bits per heavy atom. The molecule has 21 heteroatoms. The van der Waals surface area contributed by atoms with Crippen molar-refractivity contribution in [3.05, 3.63) is 60.8 Å². The fraction of sp³-hybridized carbons (Fsp3) is 0.723. The minimum Gasteiger partial charge on any atom is -0.462 e. The first-order valence-corrected chi connectivity index (χ1v) is 27.0. The van der Waals surface area contributed by atoms with Gasteiger partial charge in [-0.05, 0) is 70.6 Å². The molecule has 2 rings (SSSR count). The molecule has 19 nitrogen and oxygen atoms in total. The summed E-state index contributed by atoms with van der Waals surface area (Å²) >= 11 is 0. The van der Waals surface area contributed by atoms with Gasteiger partial charge in [0.25, 0.3) is 0 Å². The molecule has 1 heterocycles. The second-order valence-electron chi connectivity index (χ2n) is 17.2. The number of allylic oxidation sites excluding steroid dienone is 8. The summed E-state index contributed by atoms with van der Waals surface area (Å²) in [4.78, 5) is 70.3. The predicted octanol–water partition coefficient (Wildman–Crippen LogP) is 5.65. The zero-order valence-corrected chi connectivity index (χ0v) is 41.3. The third-order valence-corrected chi connectivity index (χ3v) is 12.9. The smallest absolute Gasteiger partial charge is 0.462 e. The standard InChI is InChI=1S/C47H78O19P2/c1-3-5-7-8-9-10-11-12-13-14-15-16-17-18-23-27-40(51)62-32-35-33-63-68(60,61)66-47-45(56)44(55)42(53)36(26-22-19-20-24-28-41(52)64-35)38(49)31-39(50)37(30-29-34(48)25-21-6-4-2)43(54)46(47)65-67(57,58)59/h9-10,12-13,15-16,19,22,29-30,34-37,39,42-48,50,53-56H,3-8,11,14,17-18,20-21,23-28,31-33H2,1-2H3,(H,60,61)(H2,57,58,59)/b10-9-,13-12-,16-15-,22-19-,30-29+/t34-,35+,36-,37-,39+,42+,43+,44-,45+,46+,47-/m0/s1. The van der Waals surface area contributed by atoms with Crippen molar-refractivity contribution in [1.82, 2.24) is 0 Å². The van der Waals surface area contributed by atoms with Gasteiger partial charge in [-0.2, -0.15) is 0 Å². The average molecular weight is 1010 g/mol. The Hall–Kier alpha value is -2.71. The molecule has 0 amide bonds. The Bertz CT molecular complexity index is 1710. The normalized spacial score (nSPS) is 31.0. The molecular weight excluding hydrogens is 930 g/mol. The van der Waals surface area contributed by atoms with Crippen LogP contribution in [0.1, 0.15) is 136 Å². The van der Waals surface area contributed by atoms with Crippen molar-refractivity contribution in [2.24, 2.45) is 11.8 Å². The predicted molar refractivity (Wildman–Crippen MR) is 251 cm³/mol. The second kappa shape index (κ2) is 33.8. The van der Waals surface area contributed by atoms with Gasteiger partial charge in [0.05, 0.1) is 31.0 Å². The quantitative estimate of drug-likeness (QED) is 0.0258. The minimum absolute atomic E-state index is 0.0000204. The van der Waals surface area contributed by atoms with E-state index in [9.17, 15) is 68.8 Å². The van der Waals surface area contributed by atoms with Crippen LogP contribution >= 0.6 is 15.6 Å². The lowest BCUT2D eigenvalue weighted by Gasteiger charge is -2.38. The maximum atomic E-state index is 13.7. The van der Waals surface area contributed by atoms with E-state index in [2.05, 4.69) is 31.2 Å². The molecule has 68 heavy (non-hydrogen) atoms. The molecule has 1 fully saturated rings. The Balaban J connectivity index is 2.34.